The highest BCUT2D eigenvalue weighted by Gasteiger charge is 2.40. The van der Waals surface area contributed by atoms with Gasteiger partial charge in [-0.05, 0) is 133 Å². The fourth-order valence-electron chi connectivity index (χ4n) is 12.2. The summed E-state index contributed by atoms with van der Waals surface area (Å²) in [6.07, 6.45) is 8.53. The molecule has 0 saturated carbocycles. The number of hydrogen-bond donors (Lipinski definition) is 14. The highest BCUT2D eigenvalue weighted by molar-refractivity contribution is 6.30. The summed E-state index contributed by atoms with van der Waals surface area (Å²) < 4.78 is 0. The first kappa shape index (κ1) is 83.2. The molecule has 4 aromatic carbocycles. The number of aliphatic imine (C=N–C) groups is 1. The zero-order valence-electron chi connectivity index (χ0n) is 60.9. The molecule has 7 rings (SSSR count). The molecule has 1 aliphatic rings. The van der Waals surface area contributed by atoms with Gasteiger partial charge >= 0.3 is 0 Å². The van der Waals surface area contributed by atoms with Crippen LogP contribution in [0, 0.1) is 5.92 Å². The largest absolute Gasteiger partial charge is 0.508 e. The highest BCUT2D eigenvalue weighted by Crippen LogP contribution is 2.23. The van der Waals surface area contributed by atoms with Crippen LogP contribution in [0.3, 0.4) is 0 Å². The van der Waals surface area contributed by atoms with E-state index < -0.39 is 132 Å². The lowest BCUT2D eigenvalue weighted by molar-refractivity contribution is -0.142. The van der Waals surface area contributed by atoms with E-state index in [4.69, 9.17) is 23.1 Å². The summed E-state index contributed by atoms with van der Waals surface area (Å²) in [6.45, 7) is 8.38. The number of carbonyl (C=O) groups excluding carboxylic acids is 11. The van der Waals surface area contributed by atoms with E-state index in [-0.39, 0.29) is 75.5 Å². The monoisotopic (exact) mass is 1490 g/mol. The molecule has 572 valence electrons. The number of primary amides is 1. The van der Waals surface area contributed by atoms with Gasteiger partial charge in [0.05, 0.1) is 6.61 Å². The Labute approximate surface area is 627 Å². The molecule has 0 spiro atoms. The quantitative estimate of drug-likeness (QED) is 0.0149. The molecule has 29 nitrogen and oxygen atoms in total. The molecule has 10 atom stereocenters. The third-order valence-corrected chi connectivity index (χ3v) is 18.2. The topological polar surface area (TPSA) is 442 Å². The summed E-state index contributed by atoms with van der Waals surface area (Å²) in [7, 11) is 0. The summed E-state index contributed by atoms with van der Waals surface area (Å²) in [5.74, 6) is -8.83. The highest BCUT2D eigenvalue weighted by atomic mass is 35.5. The third kappa shape index (κ3) is 27.1. The molecule has 30 heteroatoms. The Morgan fingerprint density at radius 1 is 0.551 bits per heavy atom. The number of rotatable bonds is 40. The molecule has 0 unspecified atom stereocenters. The summed E-state index contributed by atoms with van der Waals surface area (Å²) in [6, 6.07) is 18.3. The van der Waals surface area contributed by atoms with Crippen molar-refractivity contribution in [1.82, 2.24) is 68.0 Å². The number of aliphatic hydroxyl groups excluding tert-OH is 1. The molecule has 2 aromatic heterocycles. The van der Waals surface area contributed by atoms with Gasteiger partial charge in [0.15, 0.2) is 5.96 Å². The van der Waals surface area contributed by atoms with Crippen molar-refractivity contribution in [1.29, 1.82) is 0 Å². The van der Waals surface area contributed by atoms with Crippen LogP contribution in [0.15, 0.2) is 145 Å². The minimum absolute atomic E-state index is 0.0289. The number of phenolic OH excluding ortho intramolecular Hbond substituents is 1. The number of aliphatic hydroxyl groups is 1. The van der Waals surface area contributed by atoms with Crippen LogP contribution in [0.25, 0.3) is 10.8 Å². The van der Waals surface area contributed by atoms with E-state index in [1.807, 2.05) is 63.2 Å². The van der Waals surface area contributed by atoms with E-state index in [9.17, 15) is 53.4 Å². The van der Waals surface area contributed by atoms with Crippen LogP contribution < -0.4 is 64.6 Å². The van der Waals surface area contributed by atoms with Crippen LogP contribution in [0.4, 0.5) is 0 Å². The summed E-state index contributed by atoms with van der Waals surface area (Å²) in [5, 5.41) is 50.9. The molecule has 107 heavy (non-hydrogen) atoms. The molecule has 3 heterocycles. The van der Waals surface area contributed by atoms with Crippen molar-refractivity contribution in [2.75, 3.05) is 26.2 Å². The number of nitrogens with two attached hydrogens (primary N) is 2. The number of fused-ring (bicyclic) bond motifs is 1. The molecule has 16 N–H and O–H groups in total. The van der Waals surface area contributed by atoms with E-state index in [0.717, 1.165) is 23.6 Å². The maximum Gasteiger partial charge on any atom is 0.245 e. The van der Waals surface area contributed by atoms with E-state index in [1.54, 1.807) is 48.5 Å². The van der Waals surface area contributed by atoms with Gasteiger partial charge in [0.25, 0.3) is 0 Å². The maximum absolute atomic E-state index is 15.1. The number of benzene rings is 4. The number of amides is 11. The number of guanidine groups is 1. The van der Waals surface area contributed by atoms with Gasteiger partial charge in [-0.25, -0.2) is 0 Å². The number of aromatic hydroxyl groups is 1. The lowest BCUT2D eigenvalue weighted by Crippen LogP contribution is -2.62. The van der Waals surface area contributed by atoms with Crippen LogP contribution in [-0.4, -0.2) is 183 Å². The van der Waals surface area contributed by atoms with Gasteiger partial charge in [0.2, 0.25) is 65.0 Å². The molecule has 11 amide bonds. The van der Waals surface area contributed by atoms with Gasteiger partial charge in [-0.1, -0.05) is 118 Å². The van der Waals surface area contributed by atoms with E-state index >= 15 is 9.59 Å². The Balaban J connectivity index is 1.13. The summed E-state index contributed by atoms with van der Waals surface area (Å²) in [4.78, 5) is 171. The molecule has 1 aliphatic heterocycles. The van der Waals surface area contributed by atoms with Crippen molar-refractivity contribution in [3.8, 4) is 5.75 Å². The van der Waals surface area contributed by atoms with Crippen molar-refractivity contribution in [3.05, 3.63) is 173 Å². The lowest BCUT2D eigenvalue weighted by atomic mass is 9.99. The zero-order chi connectivity index (χ0) is 77.5. The van der Waals surface area contributed by atoms with Crippen LogP contribution in [0.5, 0.6) is 5.75 Å². The first-order chi connectivity index (χ1) is 51.3. The van der Waals surface area contributed by atoms with Crippen molar-refractivity contribution in [2.24, 2.45) is 22.4 Å². The van der Waals surface area contributed by atoms with E-state index in [1.165, 1.54) is 67.8 Å². The number of carbonyl (C=O) groups is 11. The first-order valence-electron chi connectivity index (χ1n) is 36.0. The minimum atomic E-state index is -1.83. The van der Waals surface area contributed by atoms with Crippen molar-refractivity contribution in [3.63, 3.8) is 0 Å². The number of pyridine rings is 2. The predicted molar refractivity (Wildman–Crippen MR) is 403 cm³/mol. The van der Waals surface area contributed by atoms with Gasteiger partial charge in [0.1, 0.15) is 66.2 Å². The summed E-state index contributed by atoms with van der Waals surface area (Å²) >= 11 is 6.25. The predicted octanol–water partition coefficient (Wildman–Crippen LogP) is 2.29. The molecule has 1 fully saturated rings. The normalized spacial score (nSPS) is 15.3. The molecule has 1 saturated heterocycles. The van der Waals surface area contributed by atoms with Gasteiger partial charge < -0.3 is 79.7 Å². The second-order valence-corrected chi connectivity index (χ2v) is 27.5. The second-order valence-electron chi connectivity index (χ2n) is 27.1. The van der Waals surface area contributed by atoms with Crippen LogP contribution in [0.2, 0.25) is 5.02 Å². The second kappa shape index (κ2) is 42.2. The molecule has 0 aliphatic carbocycles. The van der Waals surface area contributed by atoms with Crippen LogP contribution in [0.1, 0.15) is 114 Å². The Morgan fingerprint density at radius 3 is 1.54 bits per heavy atom. The lowest BCUT2D eigenvalue weighted by Gasteiger charge is -2.31. The fourth-order valence-corrected chi connectivity index (χ4v) is 12.3. The SMILES string of the molecule is CCCCN=C(N)NCCCC[C@H](NC(=O)[C@H](CC(C)C)NC(=O)[C@@H](Cc1cccnc1)NC(=O)[C@H](Cc1ccc(O)cc1)NC(=O)[C@H](CO)NC(=O)[C@@H](Cc1cccnc1)NC(=O)[C@@H](Cc1ccc(Cl)cc1)NC(=O)[C@@H](Cc1ccc2ccccc2c1)NC(C)=O)C(=O)N1CCC[C@H]1C(=O)N[C@H](C)C(N)=O. The number of phenols is 1. The summed E-state index contributed by atoms with van der Waals surface area (Å²) in [5.41, 5.74) is 14.1. The Hall–Kier alpha value is -11.1. The van der Waals surface area contributed by atoms with E-state index in [2.05, 4.69) is 68.1 Å². The van der Waals surface area contributed by atoms with Crippen LogP contribution in [-0.2, 0) is 84.8 Å². The van der Waals surface area contributed by atoms with Crippen LogP contribution >= 0.6 is 11.6 Å². The Bertz CT molecular complexity index is 4030. The number of unbranched alkanes of at least 4 members (excludes halogenated alkanes) is 2. The van der Waals surface area contributed by atoms with Crippen molar-refractivity contribution < 1.29 is 63.0 Å². The van der Waals surface area contributed by atoms with Gasteiger partial charge in [-0.2, -0.15) is 0 Å². The average Bonchev–Trinajstić information content (AvgIpc) is 1.81. The number of aromatic nitrogens is 2. The van der Waals surface area contributed by atoms with Crippen molar-refractivity contribution in [2.45, 2.75) is 179 Å². The smallest absolute Gasteiger partial charge is 0.245 e. The van der Waals surface area contributed by atoms with Crippen molar-refractivity contribution >= 4 is 93.3 Å². The van der Waals surface area contributed by atoms with Gasteiger partial charge in [0, 0.05) is 88.5 Å². The molecule has 0 bridgehead atoms. The van der Waals surface area contributed by atoms with E-state index in [0.29, 0.717) is 65.2 Å². The Kier molecular flexibility index (Phi) is 32.8. The zero-order valence-corrected chi connectivity index (χ0v) is 61.6. The third-order valence-electron chi connectivity index (χ3n) is 17.9. The molecular formula is C77H99ClN16O13. The first-order valence-corrected chi connectivity index (χ1v) is 36.4. The number of nitrogens with one attached hydrogen (secondary N) is 10. The van der Waals surface area contributed by atoms with Gasteiger partial charge in [-0.3, -0.25) is 67.7 Å². The standard InChI is InChI=1S/C77H99ClN16O13/c1-6-7-33-83-77(80)84-34-11-10-19-58(76(107)94-35-14-20-66(94)75(106)85-47(4)67(79)98)87-68(99)59(36-46(2)3)88-72(103)63(41-52-15-12-31-81-43-52)90-71(102)62(39-50-24-29-57(97)30-25-50)92-74(105)65(45-95)93-73(104)64(42-53-16-13-32-82-44-53)91-70(101)61(38-49-22-27-56(78)28-23-49)89-69(100)60(86-48(5)96)40-51-21-26-54-17-8-9-18-55(54)37-51/h8-9,12-13,15-18,21-32,37,43-44,46-47,58-66,95,97H,6-7,10-11,14,19-20,33-36,38-42,45H2,1-5H3,(H2,79,98)(H,85,106)(H,86,96)(H,87,99)(H,88,103)(H,89,100)(H,90,102)(H,91,101)(H,92,105)(H,93,104)(H3,80,83,84)/t47-,58+,59+,60-,61-,62+,63-,64-,65+,66+/m1/s1. The number of hydrogen-bond acceptors (Lipinski definition) is 16. The maximum atomic E-state index is 15.1. The molecule has 6 aromatic rings. The molecule has 0 radical (unpaired) electrons. The minimum Gasteiger partial charge on any atom is -0.508 e. The number of halogens is 1. The van der Waals surface area contributed by atoms with Gasteiger partial charge in [-0.15, -0.1) is 0 Å². The fraction of sp³-hybridized carbons (Fsp3) is 0.429. The Morgan fingerprint density at radius 2 is 1.03 bits per heavy atom. The number of likely N-dealkylation sites (tertiary alicyclic amines) is 1. The average molecular weight is 1490 g/mol. The number of nitrogens with zero attached hydrogens (tertiary/aromatic N) is 4. The molecular weight excluding hydrogens is 1390 g/mol.